The second-order valence-electron chi connectivity index (χ2n) is 20.1. The number of hydrogen-bond donors (Lipinski definition) is 8. The highest BCUT2D eigenvalue weighted by Gasteiger charge is 2.70. The number of rotatable bonds is 6. The molecule has 0 radical (unpaired) electrons. The van der Waals surface area contributed by atoms with Gasteiger partial charge in [0.15, 0.2) is 6.29 Å². The molecule has 0 amide bonds. The Morgan fingerprint density at radius 2 is 1.48 bits per heavy atom. The number of esters is 1. The number of allylic oxidation sites excluding steroid dienone is 2. The summed E-state index contributed by atoms with van der Waals surface area (Å²) in [6.07, 6.45) is -2.97. The Hall–Kier alpha value is -1.23. The minimum atomic E-state index is -1.66. The van der Waals surface area contributed by atoms with Crippen LogP contribution in [0.2, 0.25) is 0 Å². The van der Waals surface area contributed by atoms with Gasteiger partial charge in [-0.3, -0.25) is 4.79 Å². The standard InChI is InChI=1S/C41H66O13/c1-36(2)13-15-41(35(50)54-34-32(49)30(47)29(46)24(18-42)52-34)16-14-39(5)21(22(41)17-36)7-8-26-37(3)11-10-27(53-33-31(48)28(45)23(44)19-51-33)38(4,20-43)25(37)9-12-40(26,39)6/h7,22-34,42-49H,8-20H2,1-6H3/t22-,23-,24+,25+,26+,27-,28-,29+,30-,31+,32+,33-,34-,37-,38-,39+,40+,41-/m0/s1. The van der Waals surface area contributed by atoms with Crippen molar-refractivity contribution < 1.29 is 64.6 Å². The number of aliphatic hydroxyl groups excluding tert-OH is 8. The van der Waals surface area contributed by atoms with Crippen molar-refractivity contribution in [2.75, 3.05) is 19.8 Å². The molecule has 0 bridgehead atoms. The fourth-order valence-electron chi connectivity index (χ4n) is 13.3. The molecule has 0 aromatic heterocycles. The molecule has 2 saturated heterocycles. The molecule has 308 valence electrons. The normalized spacial score (nSPS) is 54.3. The van der Waals surface area contributed by atoms with Crippen LogP contribution in [0.4, 0.5) is 0 Å². The average Bonchev–Trinajstić information content (AvgIpc) is 3.13. The van der Waals surface area contributed by atoms with E-state index < -0.39 is 84.8 Å². The average molecular weight is 767 g/mol. The van der Waals surface area contributed by atoms with Crippen molar-refractivity contribution in [2.24, 2.45) is 50.2 Å². The molecule has 0 aromatic carbocycles. The van der Waals surface area contributed by atoms with Crippen molar-refractivity contribution in [3.8, 4) is 0 Å². The van der Waals surface area contributed by atoms with Gasteiger partial charge in [-0.25, -0.2) is 0 Å². The van der Waals surface area contributed by atoms with Crippen molar-refractivity contribution >= 4 is 5.97 Å². The summed E-state index contributed by atoms with van der Waals surface area (Å²) in [4.78, 5) is 14.5. The molecule has 7 aliphatic rings. The summed E-state index contributed by atoms with van der Waals surface area (Å²) in [6.45, 7) is 12.9. The topological polar surface area (TPSA) is 216 Å². The molecule has 13 heteroatoms. The van der Waals surface area contributed by atoms with Crippen LogP contribution in [0.15, 0.2) is 11.6 Å². The van der Waals surface area contributed by atoms with Crippen LogP contribution >= 0.6 is 0 Å². The van der Waals surface area contributed by atoms with Crippen molar-refractivity contribution in [3.05, 3.63) is 11.6 Å². The summed E-state index contributed by atoms with van der Waals surface area (Å²) >= 11 is 0. The van der Waals surface area contributed by atoms with E-state index in [0.717, 1.165) is 44.9 Å². The molecule has 2 heterocycles. The smallest absolute Gasteiger partial charge is 0.315 e. The highest BCUT2D eigenvalue weighted by molar-refractivity contribution is 5.79. The molecule has 18 atom stereocenters. The maximum atomic E-state index is 14.5. The van der Waals surface area contributed by atoms with Crippen LogP contribution in [0.1, 0.15) is 106 Å². The van der Waals surface area contributed by atoms with Gasteiger partial charge in [-0.15, -0.1) is 0 Å². The van der Waals surface area contributed by atoms with Crippen LogP contribution in [-0.2, 0) is 23.7 Å². The predicted octanol–water partition coefficient (Wildman–Crippen LogP) is 1.93. The number of ether oxygens (including phenoxy) is 4. The van der Waals surface area contributed by atoms with Crippen LogP contribution < -0.4 is 0 Å². The second kappa shape index (κ2) is 14.0. The van der Waals surface area contributed by atoms with E-state index in [1.807, 2.05) is 0 Å². The van der Waals surface area contributed by atoms with Gasteiger partial charge in [0.2, 0.25) is 6.29 Å². The van der Waals surface area contributed by atoms with Crippen molar-refractivity contribution in [1.82, 2.24) is 0 Å². The molecule has 5 aliphatic carbocycles. The largest absolute Gasteiger partial charge is 0.432 e. The lowest BCUT2D eigenvalue weighted by Gasteiger charge is -2.71. The van der Waals surface area contributed by atoms with E-state index in [9.17, 15) is 45.6 Å². The van der Waals surface area contributed by atoms with Gasteiger partial charge in [-0.2, -0.15) is 0 Å². The predicted molar refractivity (Wildman–Crippen MR) is 193 cm³/mol. The highest BCUT2D eigenvalue weighted by atomic mass is 16.7. The minimum Gasteiger partial charge on any atom is -0.432 e. The van der Waals surface area contributed by atoms with Gasteiger partial charge in [-0.05, 0) is 104 Å². The van der Waals surface area contributed by atoms with Crippen LogP contribution in [-0.4, -0.2) is 128 Å². The van der Waals surface area contributed by atoms with Crippen LogP contribution in [0.3, 0.4) is 0 Å². The van der Waals surface area contributed by atoms with Crippen molar-refractivity contribution in [1.29, 1.82) is 0 Å². The Labute approximate surface area is 319 Å². The summed E-state index contributed by atoms with van der Waals surface area (Å²) in [5, 5.41) is 83.4. The lowest BCUT2D eigenvalue weighted by molar-refractivity contribution is -0.312. The summed E-state index contributed by atoms with van der Waals surface area (Å²) in [5.41, 5.74) is -0.724. The monoisotopic (exact) mass is 766 g/mol. The van der Waals surface area contributed by atoms with Gasteiger partial charge < -0.3 is 59.8 Å². The second-order valence-corrected chi connectivity index (χ2v) is 20.1. The van der Waals surface area contributed by atoms with Gasteiger partial charge in [0.05, 0.1) is 31.3 Å². The van der Waals surface area contributed by atoms with E-state index in [-0.39, 0.29) is 52.6 Å². The zero-order valence-corrected chi connectivity index (χ0v) is 32.9. The van der Waals surface area contributed by atoms with Gasteiger partial charge >= 0.3 is 5.97 Å². The number of hydrogen-bond acceptors (Lipinski definition) is 13. The molecule has 0 aromatic rings. The number of aliphatic hydroxyl groups is 8. The summed E-state index contributed by atoms with van der Waals surface area (Å²) < 4.78 is 23.7. The molecular formula is C41H66O13. The van der Waals surface area contributed by atoms with E-state index in [1.54, 1.807) is 0 Å². The lowest BCUT2D eigenvalue weighted by Crippen LogP contribution is -2.67. The van der Waals surface area contributed by atoms with E-state index in [2.05, 4.69) is 47.6 Å². The zero-order valence-electron chi connectivity index (χ0n) is 32.9. The molecule has 6 fully saturated rings. The maximum absolute atomic E-state index is 14.5. The molecule has 8 N–H and O–H groups in total. The summed E-state index contributed by atoms with van der Waals surface area (Å²) in [7, 11) is 0. The van der Waals surface area contributed by atoms with Gasteiger partial charge in [-0.1, -0.05) is 53.2 Å². The van der Waals surface area contributed by atoms with E-state index in [0.29, 0.717) is 19.3 Å². The van der Waals surface area contributed by atoms with E-state index in [1.165, 1.54) is 5.57 Å². The molecule has 54 heavy (non-hydrogen) atoms. The van der Waals surface area contributed by atoms with Crippen molar-refractivity contribution in [2.45, 2.75) is 167 Å². The highest BCUT2D eigenvalue weighted by Crippen LogP contribution is 2.76. The third-order valence-electron chi connectivity index (χ3n) is 17.0. The number of fused-ring (bicyclic) bond motifs is 7. The summed E-state index contributed by atoms with van der Waals surface area (Å²) in [6, 6.07) is 0. The van der Waals surface area contributed by atoms with Crippen LogP contribution in [0, 0.1) is 50.2 Å². The molecule has 4 saturated carbocycles. The molecule has 13 nitrogen and oxygen atoms in total. The SMILES string of the molecule is CC1(C)CC[C@]2(C(=O)O[C@@H]3O[C@H](CO)[C@@H](O)[C@H](O)[C@H]3O)CC[C@]3(C)C(=CC[C@@H]4[C@@]5(C)CC[C@H](O[C@@H]6OC[C@H](O)[C@H](O)[C@H]6O)[C@@](C)(CO)[C@@H]5CC[C@]43C)[C@@H]2C1. The Balaban J connectivity index is 1.17. The minimum absolute atomic E-state index is 0.0247. The fraction of sp³-hybridized carbons (Fsp3) is 0.927. The van der Waals surface area contributed by atoms with Crippen molar-refractivity contribution in [3.63, 3.8) is 0 Å². The Morgan fingerprint density at radius 3 is 2.17 bits per heavy atom. The Kier molecular flexibility index (Phi) is 10.6. The third-order valence-corrected chi connectivity index (χ3v) is 17.0. The number of carbonyl (C=O) groups excluding carboxylic acids is 1. The third kappa shape index (κ3) is 5.92. The van der Waals surface area contributed by atoms with Gasteiger partial charge in [0, 0.05) is 5.41 Å². The molecule has 0 unspecified atom stereocenters. The first-order valence-corrected chi connectivity index (χ1v) is 20.4. The Bertz CT molecular complexity index is 1450. The zero-order chi connectivity index (χ0) is 39.4. The van der Waals surface area contributed by atoms with Gasteiger partial charge in [0.1, 0.15) is 42.7 Å². The first-order chi connectivity index (χ1) is 25.2. The van der Waals surface area contributed by atoms with E-state index in [4.69, 9.17) is 18.9 Å². The van der Waals surface area contributed by atoms with Crippen LogP contribution in [0.25, 0.3) is 0 Å². The first kappa shape index (κ1) is 40.9. The van der Waals surface area contributed by atoms with E-state index >= 15 is 0 Å². The first-order valence-electron chi connectivity index (χ1n) is 20.4. The quantitative estimate of drug-likeness (QED) is 0.110. The molecular weight excluding hydrogens is 700 g/mol. The number of carbonyl (C=O) groups is 1. The molecule has 7 rings (SSSR count). The maximum Gasteiger partial charge on any atom is 0.315 e. The van der Waals surface area contributed by atoms with Gasteiger partial charge in [0.25, 0.3) is 0 Å². The van der Waals surface area contributed by atoms with Crippen LogP contribution in [0.5, 0.6) is 0 Å². The molecule has 0 spiro atoms. The molecule has 2 aliphatic heterocycles. The Morgan fingerprint density at radius 1 is 0.796 bits per heavy atom. The fourth-order valence-corrected chi connectivity index (χ4v) is 13.3. The lowest BCUT2D eigenvalue weighted by atomic mass is 9.33. The summed E-state index contributed by atoms with van der Waals surface area (Å²) in [5.74, 6) is -0.193.